The lowest BCUT2D eigenvalue weighted by atomic mass is 9.91. The molecule has 0 bridgehead atoms. The van der Waals surface area contributed by atoms with E-state index in [0.717, 1.165) is 16.3 Å². The summed E-state index contributed by atoms with van der Waals surface area (Å²) >= 11 is 0. The average molecular weight is 466 g/mol. The van der Waals surface area contributed by atoms with Crippen LogP contribution >= 0.6 is 0 Å². The summed E-state index contributed by atoms with van der Waals surface area (Å²) in [5, 5.41) is 13.8. The quantitative estimate of drug-likeness (QED) is 0.398. The number of hydrogen-bond acceptors (Lipinski definition) is 7. The maximum atomic E-state index is 13.4. The lowest BCUT2D eigenvalue weighted by molar-refractivity contribution is -0.130. The van der Waals surface area contributed by atoms with Gasteiger partial charge < -0.3 is 14.6 Å². The predicted molar refractivity (Wildman–Crippen MR) is 122 cm³/mol. The molecular formula is C23H27N7O4. The lowest BCUT2D eigenvalue weighted by Crippen LogP contribution is -2.41. The van der Waals surface area contributed by atoms with Crippen LogP contribution in [0.2, 0.25) is 0 Å². The van der Waals surface area contributed by atoms with E-state index < -0.39 is 17.5 Å². The Morgan fingerprint density at radius 2 is 2.00 bits per heavy atom. The molecule has 3 heterocycles. The monoisotopic (exact) mass is 465 g/mol. The molecule has 1 aliphatic rings. The van der Waals surface area contributed by atoms with Gasteiger partial charge in [0.15, 0.2) is 5.78 Å². The van der Waals surface area contributed by atoms with Crippen LogP contribution in [0.4, 0.5) is 4.79 Å². The smallest absolute Gasteiger partial charge is 0.325 e. The number of urea groups is 1. The number of aryl methyl sites for hydroxylation is 1. The minimum Gasteiger partial charge on any atom is -0.383 e. The topological polar surface area (TPSA) is 124 Å². The first kappa shape index (κ1) is 23.3. The number of rotatable bonds is 8. The number of tetrazole rings is 1. The van der Waals surface area contributed by atoms with Crippen molar-refractivity contribution in [2.24, 2.45) is 0 Å². The molecular weight excluding hydrogens is 438 g/mol. The van der Waals surface area contributed by atoms with Gasteiger partial charge >= 0.3 is 6.03 Å². The molecule has 1 N–H and O–H groups in total. The maximum absolute atomic E-state index is 13.4. The van der Waals surface area contributed by atoms with Crippen molar-refractivity contribution in [3.8, 4) is 5.69 Å². The standard InChI is InChI=1S/C23H27N7O4/c1-14-9-19(16(3)30(14)15(2)12-34-5)20(31)11-28-21(32)23(4,25-22(28)33)17-7-6-8-18(10-17)29-13-24-26-27-29/h6-10,13,15H,11-12H2,1-5H3,(H,25,33). The number of carbonyl (C=O) groups excluding carboxylic acids is 3. The van der Waals surface area contributed by atoms with E-state index in [0.29, 0.717) is 23.4 Å². The van der Waals surface area contributed by atoms with Gasteiger partial charge in [-0.2, -0.15) is 0 Å². The average Bonchev–Trinajstić information content (AvgIpc) is 3.49. The summed E-state index contributed by atoms with van der Waals surface area (Å²) in [6.45, 7) is 7.54. The Morgan fingerprint density at radius 3 is 2.68 bits per heavy atom. The minimum atomic E-state index is -1.33. The number of hydrogen-bond donors (Lipinski definition) is 1. The molecule has 11 nitrogen and oxygen atoms in total. The van der Waals surface area contributed by atoms with Crippen molar-refractivity contribution < 1.29 is 19.1 Å². The molecule has 178 valence electrons. The fourth-order valence-corrected chi connectivity index (χ4v) is 4.56. The molecule has 1 aromatic carbocycles. The van der Waals surface area contributed by atoms with Gasteiger partial charge in [-0.3, -0.25) is 14.5 Å². The largest absolute Gasteiger partial charge is 0.383 e. The van der Waals surface area contributed by atoms with Crippen molar-refractivity contribution >= 4 is 17.7 Å². The maximum Gasteiger partial charge on any atom is 0.325 e. The Bertz CT molecular complexity index is 1250. The van der Waals surface area contributed by atoms with Crippen molar-refractivity contribution in [3.63, 3.8) is 0 Å². The molecule has 0 spiro atoms. The number of carbonyl (C=O) groups is 3. The zero-order valence-corrected chi connectivity index (χ0v) is 19.8. The van der Waals surface area contributed by atoms with E-state index in [1.165, 1.54) is 11.0 Å². The van der Waals surface area contributed by atoms with Gasteiger partial charge in [-0.1, -0.05) is 12.1 Å². The van der Waals surface area contributed by atoms with Crippen molar-refractivity contribution in [1.29, 1.82) is 0 Å². The Balaban J connectivity index is 1.58. The molecule has 2 atom stereocenters. The van der Waals surface area contributed by atoms with E-state index in [9.17, 15) is 14.4 Å². The molecule has 0 radical (unpaired) electrons. The van der Waals surface area contributed by atoms with E-state index in [1.807, 2.05) is 25.3 Å². The van der Waals surface area contributed by atoms with Crippen molar-refractivity contribution in [3.05, 3.63) is 59.2 Å². The third kappa shape index (κ3) is 3.87. The highest BCUT2D eigenvalue weighted by atomic mass is 16.5. The molecule has 0 aliphatic carbocycles. The van der Waals surface area contributed by atoms with Crippen LogP contribution in [-0.4, -0.2) is 67.7 Å². The van der Waals surface area contributed by atoms with Crippen molar-refractivity contribution in [2.75, 3.05) is 20.3 Å². The number of aromatic nitrogens is 5. The number of imide groups is 1. The first-order valence-electron chi connectivity index (χ1n) is 10.9. The zero-order chi connectivity index (χ0) is 24.6. The van der Waals surface area contributed by atoms with Gasteiger partial charge in [0.2, 0.25) is 0 Å². The van der Waals surface area contributed by atoms with Gasteiger partial charge in [0.25, 0.3) is 5.91 Å². The van der Waals surface area contributed by atoms with Crippen molar-refractivity contribution in [2.45, 2.75) is 39.3 Å². The summed E-state index contributed by atoms with van der Waals surface area (Å²) in [6.07, 6.45) is 1.44. The van der Waals surface area contributed by atoms with E-state index >= 15 is 0 Å². The fraction of sp³-hybridized carbons (Fsp3) is 0.391. The van der Waals surface area contributed by atoms with Crippen LogP contribution in [0.5, 0.6) is 0 Å². The highest BCUT2D eigenvalue weighted by molar-refractivity contribution is 6.11. The summed E-state index contributed by atoms with van der Waals surface area (Å²) in [4.78, 5) is 40.3. The molecule has 11 heteroatoms. The molecule has 1 fully saturated rings. The van der Waals surface area contributed by atoms with E-state index in [2.05, 4.69) is 20.8 Å². The second-order valence-corrected chi connectivity index (χ2v) is 8.63. The number of nitrogens with zero attached hydrogens (tertiary/aromatic N) is 6. The number of methoxy groups -OCH3 is 1. The summed E-state index contributed by atoms with van der Waals surface area (Å²) in [5.74, 6) is -0.805. The van der Waals surface area contributed by atoms with Crippen molar-refractivity contribution in [1.82, 2.24) is 35.0 Å². The molecule has 4 rings (SSSR count). The minimum absolute atomic E-state index is 0.0408. The zero-order valence-electron chi connectivity index (χ0n) is 19.8. The van der Waals surface area contributed by atoms with E-state index in [4.69, 9.17) is 4.74 Å². The van der Waals surface area contributed by atoms with Crippen LogP contribution in [0.25, 0.3) is 5.69 Å². The van der Waals surface area contributed by atoms with E-state index in [-0.39, 0.29) is 18.4 Å². The van der Waals surface area contributed by atoms with Gasteiger partial charge in [-0.25, -0.2) is 9.48 Å². The Labute approximate surface area is 196 Å². The highest BCUT2D eigenvalue weighted by Gasteiger charge is 2.49. The Hall–Kier alpha value is -3.86. The first-order chi connectivity index (χ1) is 16.2. The molecule has 2 unspecified atom stereocenters. The lowest BCUT2D eigenvalue weighted by Gasteiger charge is -2.22. The van der Waals surface area contributed by atoms with Gasteiger partial charge in [-0.05, 0) is 61.9 Å². The van der Waals surface area contributed by atoms with Crippen LogP contribution in [0.3, 0.4) is 0 Å². The first-order valence-corrected chi connectivity index (χ1v) is 10.9. The van der Waals surface area contributed by atoms with Gasteiger partial charge in [0.1, 0.15) is 11.9 Å². The number of Topliss-reactive ketones (excluding diaryl/α,β-unsaturated/α-hetero) is 1. The second-order valence-electron chi connectivity index (χ2n) is 8.63. The van der Waals surface area contributed by atoms with Crippen LogP contribution in [0.1, 0.15) is 47.2 Å². The predicted octanol–water partition coefficient (Wildman–Crippen LogP) is 1.94. The van der Waals surface area contributed by atoms with Gasteiger partial charge in [-0.15, -0.1) is 5.10 Å². The molecule has 34 heavy (non-hydrogen) atoms. The third-order valence-corrected chi connectivity index (χ3v) is 6.25. The SMILES string of the molecule is COCC(C)n1c(C)cc(C(=O)CN2C(=O)NC(C)(c3cccc(-n4cnnn4)c3)C2=O)c1C. The van der Waals surface area contributed by atoms with E-state index in [1.54, 1.807) is 44.4 Å². The summed E-state index contributed by atoms with van der Waals surface area (Å²) in [6, 6.07) is 8.21. The fourth-order valence-electron chi connectivity index (χ4n) is 4.56. The number of amides is 3. The summed E-state index contributed by atoms with van der Waals surface area (Å²) < 4.78 is 8.73. The Kier molecular flexibility index (Phi) is 6.05. The molecule has 2 aromatic heterocycles. The molecule has 0 saturated carbocycles. The second kappa shape index (κ2) is 8.82. The molecule has 3 amide bonds. The summed E-state index contributed by atoms with van der Waals surface area (Å²) in [7, 11) is 1.63. The number of benzene rings is 1. The van der Waals surface area contributed by atoms with Crippen LogP contribution in [0.15, 0.2) is 36.7 Å². The highest BCUT2D eigenvalue weighted by Crippen LogP contribution is 2.30. The van der Waals surface area contributed by atoms with Crippen LogP contribution < -0.4 is 5.32 Å². The molecule has 3 aromatic rings. The Morgan fingerprint density at radius 1 is 1.24 bits per heavy atom. The van der Waals surface area contributed by atoms with Crippen LogP contribution in [0, 0.1) is 13.8 Å². The summed E-state index contributed by atoms with van der Waals surface area (Å²) in [5.41, 5.74) is 2.03. The van der Waals surface area contributed by atoms with Gasteiger partial charge in [0.05, 0.1) is 24.9 Å². The molecule has 1 aliphatic heterocycles. The number of ether oxygens (including phenoxy) is 1. The number of ketones is 1. The third-order valence-electron chi connectivity index (χ3n) is 6.25. The van der Waals surface area contributed by atoms with Crippen LogP contribution in [-0.2, 0) is 15.1 Å². The number of nitrogens with one attached hydrogen (secondary N) is 1. The molecule has 1 saturated heterocycles. The normalized spacial score (nSPS) is 18.9. The van der Waals surface area contributed by atoms with Gasteiger partial charge in [0, 0.05) is 24.1 Å².